The van der Waals surface area contributed by atoms with E-state index in [4.69, 9.17) is 18.9 Å². The van der Waals surface area contributed by atoms with Crippen molar-refractivity contribution in [2.75, 3.05) is 32.8 Å². The highest BCUT2D eigenvalue weighted by molar-refractivity contribution is 5.90. The highest BCUT2D eigenvalue weighted by Gasteiger charge is 2.72. The van der Waals surface area contributed by atoms with Crippen molar-refractivity contribution in [1.82, 2.24) is 15.5 Å². The molecule has 4 rings (SSSR count). The lowest BCUT2D eigenvalue weighted by Crippen LogP contribution is -2.68. The zero-order chi connectivity index (χ0) is 40.1. The smallest absolute Gasteiger partial charge is 0.303 e. The minimum Gasteiger partial charge on any atom is -0.458 e. The lowest BCUT2D eigenvalue weighted by atomic mass is 9.70. The van der Waals surface area contributed by atoms with Crippen molar-refractivity contribution in [1.29, 1.82) is 0 Å². The molecule has 12 heteroatoms. The molecule has 2 heterocycles. The first-order valence-corrected chi connectivity index (χ1v) is 19.2. The number of likely N-dealkylation sites (N-methyl/N-ethyl adjacent to an activating group) is 1. The summed E-state index contributed by atoms with van der Waals surface area (Å²) in [5, 5.41) is 17.2. The number of nitrogens with one attached hydrogen (secondary N) is 2. The first kappa shape index (κ1) is 42.9. The highest BCUT2D eigenvalue weighted by atomic mass is 16.8. The predicted octanol–water partition coefficient (Wildman–Crippen LogP) is 4.48. The van der Waals surface area contributed by atoms with Gasteiger partial charge in [-0.3, -0.25) is 19.2 Å². The van der Waals surface area contributed by atoms with Crippen LogP contribution in [0.5, 0.6) is 0 Å². The van der Waals surface area contributed by atoms with Gasteiger partial charge in [-0.2, -0.15) is 0 Å². The van der Waals surface area contributed by atoms with Crippen molar-refractivity contribution in [2.45, 2.75) is 130 Å². The van der Waals surface area contributed by atoms with Crippen LogP contribution in [0.4, 0.5) is 0 Å². The van der Waals surface area contributed by atoms with E-state index >= 15 is 0 Å². The Balaban J connectivity index is 1.44. The monoisotopic (exact) mass is 751 g/mol. The SMILES string of the molecule is CCN(CC)CCNC(=O)C(C)(C)NC(=O)CCCc1ccc(Cc2cc([C@]34OC[C@](C(C)(C)O)(O3)[C@@H](C)[C@H](OC(C)=O)[C@H]4OC(C)=O)ccc2C)cc1. The summed E-state index contributed by atoms with van der Waals surface area (Å²) in [6, 6.07) is 14.0. The van der Waals surface area contributed by atoms with Crippen molar-refractivity contribution in [2.24, 2.45) is 5.92 Å². The average molecular weight is 752 g/mol. The van der Waals surface area contributed by atoms with Crippen molar-refractivity contribution >= 4 is 23.8 Å². The van der Waals surface area contributed by atoms with Gasteiger partial charge in [-0.05, 0) is 95.3 Å². The fraction of sp³-hybridized carbons (Fsp3) is 0.619. The van der Waals surface area contributed by atoms with E-state index in [-0.39, 0.29) is 18.4 Å². The zero-order valence-corrected chi connectivity index (χ0v) is 33.8. The summed E-state index contributed by atoms with van der Waals surface area (Å²) >= 11 is 0. The quantitative estimate of drug-likeness (QED) is 0.197. The minimum atomic E-state index is -1.64. The summed E-state index contributed by atoms with van der Waals surface area (Å²) in [5.41, 5.74) is 1.09. The Hall–Kier alpha value is -3.84. The number of amides is 2. The van der Waals surface area contributed by atoms with Gasteiger partial charge < -0.3 is 39.6 Å². The molecule has 2 aromatic carbocycles. The molecule has 2 aliphatic heterocycles. The van der Waals surface area contributed by atoms with Crippen LogP contribution in [0, 0.1) is 12.8 Å². The molecule has 12 nitrogen and oxygen atoms in total. The molecule has 298 valence electrons. The number of nitrogens with zero attached hydrogens (tertiary/aromatic N) is 1. The number of hydrogen-bond donors (Lipinski definition) is 3. The van der Waals surface area contributed by atoms with Gasteiger partial charge in [-0.15, -0.1) is 0 Å². The Bertz CT molecular complexity index is 1650. The Morgan fingerprint density at radius 3 is 2.19 bits per heavy atom. The van der Waals surface area contributed by atoms with Gasteiger partial charge in [0.15, 0.2) is 6.10 Å². The molecule has 0 aliphatic carbocycles. The molecule has 2 aromatic rings. The van der Waals surface area contributed by atoms with Gasteiger partial charge >= 0.3 is 11.9 Å². The summed E-state index contributed by atoms with van der Waals surface area (Å²) in [5.74, 6) is -3.71. The van der Waals surface area contributed by atoms with Gasteiger partial charge in [0.05, 0.1) is 12.2 Å². The molecule has 0 radical (unpaired) electrons. The third-order valence-corrected chi connectivity index (χ3v) is 11.0. The summed E-state index contributed by atoms with van der Waals surface area (Å²) in [4.78, 5) is 52.5. The maximum absolute atomic E-state index is 12.8. The van der Waals surface area contributed by atoms with Gasteiger partial charge in [-0.25, -0.2) is 0 Å². The van der Waals surface area contributed by atoms with Gasteiger partial charge in [-0.1, -0.05) is 57.2 Å². The van der Waals surface area contributed by atoms with Crippen LogP contribution in [0.3, 0.4) is 0 Å². The molecule has 5 atom stereocenters. The van der Waals surface area contributed by atoms with E-state index in [1.54, 1.807) is 34.6 Å². The van der Waals surface area contributed by atoms with E-state index in [1.807, 2.05) is 25.1 Å². The average Bonchev–Trinajstić information content (AvgIpc) is 3.49. The third kappa shape index (κ3) is 9.50. The molecule has 0 unspecified atom stereocenters. The van der Waals surface area contributed by atoms with E-state index in [0.717, 1.165) is 41.9 Å². The number of aryl methyl sites for hydroxylation is 2. The molecule has 0 aromatic heterocycles. The number of rotatable bonds is 17. The topological polar surface area (TPSA) is 153 Å². The molecule has 54 heavy (non-hydrogen) atoms. The maximum atomic E-state index is 12.8. The Labute approximate surface area is 320 Å². The van der Waals surface area contributed by atoms with Crippen LogP contribution in [-0.4, -0.2) is 95.5 Å². The molecule has 2 bridgehead atoms. The lowest BCUT2D eigenvalue weighted by molar-refractivity contribution is -0.339. The number of ether oxygens (including phenoxy) is 4. The standard InChI is InChI=1S/C42H61N3O9/c1-11-45(12-2)23-22-43-38(49)39(7,8)44-35(48)15-13-14-31-17-19-32(20-18-31)24-33-25-34(21-16-27(33)3)42-37(53-30(6)47)36(52-29(5)46)28(4)41(54-42,26-51-42)40(9,10)50/h16-21,25,28,36-37,50H,11-15,22-24,26H2,1-10H3,(H,43,49)(H,44,48)/t28-,36-,37+,41-,42-/m0/s1. The van der Waals surface area contributed by atoms with Crippen molar-refractivity contribution < 1.29 is 43.2 Å². The van der Waals surface area contributed by atoms with Crippen LogP contribution in [0.2, 0.25) is 0 Å². The van der Waals surface area contributed by atoms with Crippen LogP contribution < -0.4 is 10.6 Å². The largest absolute Gasteiger partial charge is 0.458 e. The van der Waals surface area contributed by atoms with Crippen molar-refractivity contribution in [3.63, 3.8) is 0 Å². The Morgan fingerprint density at radius 1 is 0.963 bits per heavy atom. The summed E-state index contributed by atoms with van der Waals surface area (Å²) in [7, 11) is 0. The highest BCUT2D eigenvalue weighted by Crippen LogP contribution is 2.57. The summed E-state index contributed by atoms with van der Waals surface area (Å²) in [6.07, 6.45) is 0.152. The van der Waals surface area contributed by atoms with Gasteiger partial charge in [0.2, 0.25) is 17.6 Å². The molecule has 3 N–H and O–H groups in total. The Morgan fingerprint density at radius 2 is 1.59 bits per heavy atom. The number of hydrogen-bond acceptors (Lipinski definition) is 10. The Kier molecular flexibility index (Phi) is 13.8. The molecule has 2 saturated heterocycles. The zero-order valence-electron chi connectivity index (χ0n) is 33.8. The molecular formula is C42H61N3O9. The van der Waals surface area contributed by atoms with Gasteiger partial charge in [0.25, 0.3) is 0 Å². The third-order valence-electron chi connectivity index (χ3n) is 11.0. The van der Waals surface area contributed by atoms with Crippen LogP contribution in [0.15, 0.2) is 42.5 Å². The number of esters is 2. The van der Waals surface area contributed by atoms with E-state index in [0.29, 0.717) is 37.8 Å². The normalized spacial score (nSPS) is 23.9. The fourth-order valence-corrected chi connectivity index (χ4v) is 7.63. The lowest BCUT2D eigenvalue weighted by Gasteiger charge is -2.53. The molecule has 0 saturated carbocycles. The van der Waals surface area contributed by atoms with Crippen LogP contribution in [0.25, 0.3) is 0 Å². The predicted molar refractivity (Wildman–Crippen MR) is 204 cm³/mol. The molecule has 2 fully saturated rings. The van der Waals surface area contributed by atoms with E-state index in [1.165, 1.54) is 13.8 Å². The van der Waals surface area contributed by atoms with Crippen LogP contribution in [-0.2, 0) is 56.8 Å². The first-order chi connectivity index (χ1) is 25.3. The molecule has 2 aliphatic rings. The molecule has 0 spiro atoms. The number of carbonyl (C=O) groups is 4. The fourth-order valence-electron chi connectivity index (χ4n) is 7.63. The van der Waals surface area contributed by atoms with E-state index < -0.39 is 52.6 Å². The number of benzene rings is 2. The number of fused-ring (bicyclic) bond motifs is 2. The second-order valence-corrected chi connectivity index (χ2v) is 15.8. The van der Waals surface area contributed by atoms with Gasteiger partial charge in [0, 0.05) is 44.8 Å². The van der Waals surface area contributed by atoms with Crippen molar-refractivity contribution in [3.8, 4) is 0 Å². The van der Waals surface area contributed by atoms with Crippen LogP contribution in [0.1, 0.15) is 103 Å². The number of aliphatic hydroxyl groups is 1. The minimum absolute atomic E-state index is 0.0101. The second-order valence-electron chi connectivity index (χ2n) is 15.8. The molecular weight excluding hydrogens is 690 g/mol. The van der Waals surface area contributed by atoms with Crippen LogP contribution >= 0.6 is 0 Å². The summed E-state index contributed by atoms with van der Waals surface area (Å²) in [6.45, 7) is 20.4. The second kappa shape index (κ2) is 17.3. The van der Waals surface area contributed by atoms with Gasteiger partial charge in [0.1, 0.15) is 17.2 Å². The number of carbonyl (C=O) groups excluding carboxylic acids is 4. The first-order valence-electron chi connectivity index (χ1n) is 19.2. The van der Waals surface area contributed by atoms with E-state index in [9.17, 15) is 24.3 Å². The summed E-state index contributed by atoms with van der Waals surface area (Å²) < 4.78 is 24.9. The maximum Gasteiger partial charge on any atom is 0.303 e. The molecule has 2 amide bonds. The van der Waals surface area contributed by atoms with E-state index in [2.05, 4.69) is 53.6 Å². The van der Waals surface area contributed by atoms with Crippen molar-refractivity contribution in [3.05, 3.63) is 70.3 Å².